The van der Waals surface area contributed by atoms with Crippen LogP contribution in [0.4, 0.5) is 0 Å². The summed E-state index contributed by atoms with van der Waals surface area (Å²) in [7, 11) is -1.35. The standard InChI is InChI=1S/C30H28BNO2.C24H16ClN.C12H24B2O4/c1-29(2)30(3,4)34-31(33-29)22-18-19-28(25(20-22)21-12-6-5-7-13-21)32-26-16-10-8-14-23(26)24-15-9-11-17-27(24)32;25-18-14-15-24(21(16-18)17-8-2-1-3-9-17)26-22-12-6-4-10-19(22)20-11-5-7-13-23(20)26;1-9(2)10(3,4)16-13(15-9)14-17-11(5,6)12(7,8)18-14/h5-20H,1-4H3;1-16H;1-8H3. The maximum atomic E-state index is 6.38. The van der Waals surface area contributed by atoms with E-state index >= 15 is 0 Å². The van der Waals surface area contributed by atoms with Crippen molar-refractivity contribution in [2.24, 2.45) is 0 Å². The van der Waals surface area contributed by atoms with Gasteiger partial charge in [-0.15, -0.1) is 0 Å². The summed E-state index contributed by atoms with van der Waals surface area (Å²) in [5.41, 5.74) is 10.5. The van der Waals surface area contributed by atoms with E-state index < -0.39 is 21.1 Å². The molecule has 78 heavy (non-hydrogen) atoms. The Morgan fingerprint density at radius 1 is 0.321 bits per heavy atom. The molecule has 0 bridgehead atoms. The van der Waals surface area contributed by atoms with Gasteiger partial charge in [-0.3, -0.25) is 0 Å². The van der Waals surface area contributed by atoms with Crippen molar-refractivity contribution in [1.82, 2.24) is 9.13 Å². The van der Waals surface area contributed by atoms with Crippen LogP contribution in [0.3, 0.4) is 0 Å². The number of benzene rings is 8. The van der Waals surface area contributed by atoms with E-state index in [1.54, 1.807) is 0 Å². The molecule has 2 aromatic heterocycles. The van der Waals surface area contributed by atoms with Gasteiger partial charge in [-0.25, -0.2) is 0 Å². The third-order valence-corrected chi connectivity index (χ3v) is 17.3. The number of fused-ring (bicyclic) bond motifs is 6. The number of aromatic nitrogens is 2. The Kier molecular flexibility index (Phi) is 13.8. The normalized spacial score (nSPS) is 18.6. The minimum absolute atomic E-state index is 0.360. The highest BCUT2D eigenvalue weighted by atomic mass is 35.5. The van der Waals surface area contributed by atoms with Crippen molar-refractivity contribution in [2.45, 2.75) is 117 Å². The molecule has 0 radical (unpaired) electrons. The van der Waals surface area contributed by atoms with E-state index in [1.807, 2.05) is 67.5 Å². The first kappa shape index (κ1) is 53.6. The molecule has 8 aromatic carbocycles. The summed E-state index contributed by atoms with van der Waals surface area (Å²) in [6, 6.07) is 68.1. The van der Waals surface area contributed by atoms with Crippen LogP contribution >= 0.6 is 11.6 Å². The van der Waals surface area contributed by atoms with Crippen LogP contribution in [0.15, 0.2) is 194 Å². The van der Waals surface area contributed by atoms with Gasteiger partial charge >= 0.3 is 21.1 Å². The number of hydrogen-bond acceptors (Lipinski definition) is 6. The van der Waals surface area contributed by atoms with Gasteiger partial charge in [0.05, 0.1) is 67.0 Å². The molecule has 3 aliphatic heterocycles. The Bertz CT molecular complexity index is 3640. The van der Waals surface area contributed by atoms with E-state index in [0.717, 1.165) is 44.1 Å². The molecule has 12 heteroatoms. The maximum absolute atomic E-state index is 6.38. The molecule has 394 valence electrons. The number of rotatable bonds is 6. The van der Waals surface area contributed by atoms with Crippen LogP contribution in [0.2, 0.25) is 5.02 Å². The highest BCUT2D eigenvalue weighted by Crippen LogP contribution is 2.44. The topological polar surface area (TPSA) is 65.2 Å². The fourth-order valence-electron chi connectivity index (χ4n) is 10.6. The lowest BCUT2D eigenvalue weighted by atomic mass is 9.49. The van der Waals surface area contributed by atoms with E-state index in [-0.39, 0.29) is 33.6 Å². The van der Waals surface area contributed by atoms with Crippen molar-refractivity contribution < 1.29 is 27.9 Å². The van der Waals surface area contributed by atoms with Crippen LogP contribution in [0.25, 0.3) is 77.2 Å². The molecule has 0 aliphatic carbocycles. The van der Waals surface area contributed by atoms with Gasteiger partial charge in [-0.1, -0.05) is 157 Å². The largest absolute Gasteiger partial charge is 0.494 e. The molecule has 10 aromatic rings. The summed E-state index contributed by atoms with van der Waals surface area (Å²) >= 11 is 6.36. The zero-order valence-corrected chi connectivity index (χ0v) is 47.7. The molecule has 0 unspecified atom stereocenters. The Morgan fingerprint density at radius 2 is 0.615 bits per heavy atom. The number of nitrogens with zero attached hydrogens (tertiary/aromatic N) is 2. The van der Waals surface area contributed by atoms with E-state index in [1.165, 1.54) is 43.6 Å². The monoisotopic (exact) mass is 1050 g/mol. The third kappa shape index (κ3) is 9.61. The lowest BCUT2D eigenvalue weighted by molar-refractivity contribution is 0.00578. The van der Waals surface area contributed by atoms with E-state index in [2.05, 4.69) is 219 Å². The van der Waals surface area contributed by atoms with Crippen LogP contribution in [-0.2, 0) is 27.9 Å². The van der Waals surface area contributed by atoms with Gasteiger partial charge in [0.2, 0.25) is 0 Å². The van der Waals surface area contributed by atoms with Crippen molar-refractivity contribution in [3.05, 3.63) is 199 Å². The van der Waals surface area contributed by atoms with Crippen LogP contribution in [0, 0.1) is 0 Å². The second-order valence-electron chi connectivity index (χ2n) is 23.7. The van der Waals surface area contributed by atoms with Gasteiger partial charge in [0.1, 0.15) is 0 Å². The molecular weight excluding hydrogens is 985 g/mol. The van der Waals surface area contributed by atoms with E-state index in [4.69, 9.17) is 39.5 Å². The Hall–Kier alpha value is -6.40. The summed E-state index contributed by atoms with van der Waals surface area (Å²) < 4.78 is 41.3. The van der Waals surface area contributed by atoms with E-state index in [0.29, 0.717) is 0 Å². The lowest BCUT2D eigenvalue weighted by Gasteiger charge is -2.32. The summed E-state index contributed by atoms with van der Waals surface area (Å²) in [4.78, 5) is 0. The number of hydrogen-bond donors (Lipinski definition) is 0. The van der Waals surface area contributed by atoms with Gasteiger partial charge in [-0.2, -0.15) is 0 Å². The Labute approximate surface area is 465 Å². The fourth-order valence-corrected chi connectivity index (χ4v) is 10.8. The summed E-state index contributed by atoms with van der Waals surface area (Å²) in [6.45, 7) is 24.6. The van der Waals surface area contributed by atoms with Crippen LogP contribution in [0.1, 0.15) is 83.1 Å². The quantitative estimate of drug-likeness (QED) is 0.155. The second kappa shape index (κ2) is 20.1. The Morgan fingerprint density at radius 3 is 0.974 bits per heavy atom. The molecule has 0 spiro atoms. The van der Waals surface area contributed by atoms with Crippen molar-refractivity contribution in [3.63, 3.8) is 0 Å². The average Bonchev–Trinajstić information content (AvgIpc) is 4.15. The maximum Gasteiger partial charge on any atom is 0.494 e. The molecular formula is C66H68B3ClN2O6. The van der Waals surface area contributed by atoms with Crippen LogP contribution < -0.4 is 5.46 Å². The molecule has 13 rings (SSSR count). The average molecular weight is 1050 g/mol. The fraction of sp³-hybridized carbons (Fsp3) is 0.273. The van der Waals surface area contributed by atoms with Gasteiger partial charge in [0.25, 0.3) is 0 Å². The number of halogens is 1. The molecule has 0 amide bonds. The summed E-state index contributed by atoms with van der Waals surface area (Å²) in [5.74, 6) is 0. The first-order valence-electron chi connectivity index (χ1n) is 27.1. The third-order valence-electron chi connectivity index (χ3n) is 17.1. The molecule has 3 aliphatic rings. The molecule has 0 N–H and O–H groups in total. The molecule has 0 saturated carbocycles. The lowest BCUT2D eigenvalue weighted by Crippen LogP contribution is -2.41. The van der Waals surface area contributed by atoms with Crippen LogP contribution in [-0.4, -0.2) is 63.9 Å². The number of para-hydroxylation sites is 4. The van der Waals surface area contributed by atoms with Gasteiger partial charge in [0.15, 0.2) is 0 Å². The second-order valence-corrected chi connectivity index (χ2v) is 24.2. The highest BCUT2D eigenvalue weighted by Gasteiger charge is 2.63. The van der Waals surface area contributed by atoms with E-state index in [9.17, 15) is 0 Å². The SMILES string of the molecule is CC1(C)OB(B2OC(C)(C)C(C)(C)O2)OC1(C)C.CC1(C)OB(c2ccc(-n3c4ccccc4c4ccccc43)c(-c3ccccc3)c2)OC1(C)C.Clc1ccc(-n2c3ccccc3c3ccccc32)c(-c2ccccc2)c1. The molecule has 5 heterocycles. The van der Waals surface area contributed by atoms with Crippen molar-refractivity contribution >= 4 is 81.8 Å². The molecule has 8 nitrogen and oxygen atoms in total. The molecule has 3 fully saturated rings. The molecule has 0 atom stereocenters. The minimum Gasteiger partial charge on any atom is -0.405 e. The van der Waals surface area contributed by atoms with Crippen molar-refractivity contribution in [2.75, 3.05) is 0 Å². The van der Waals surface area contributed by atoms with Gasteiger partial charge < -0.3 is 37.1 Å². The summed E-state index contributed by atoms with van der Waals surface area (Å²) in [6.07, 6.45) is 0. The van der Waals surface area contributed by atoms with Crippen LogP contribution in [0.5, 0.6) is 0 Å². The van der Waals surface area contributed by atoms with Crippen molar-refractivity contribution in [1.29, 1.82) is 0 Å². The van der Waals surface area contributed by atoms with Gasteiger partial charge in [-0.05, 0) is 148 Å². The molecule has 3 saturated heterocycles. The predicted molar refractivity (Wildman–Crippen MR) is 325 cm³/mol. The summed E-state index contributed by atoms with van der Waals surface area (Å²) in [5, 5.41) is 5.78. The zero-order chi connectivity index (χ0) is 55.0. The van der Waals surface area contributed by atoms with Gasteiger partial charge in [0, 0.05) is 37.7 Å². The van der Waals surface area contributed by atoms with Crippen molar-refractivity contribution in [3.8, 4) is 33.6 Å². The smallest absolute Gasteiger partial charge is 0.405 e. The highest BCUT2D eigenvalue weighted by molar-refractivity contribution is 7.11. The first-order valence-corrected chi connectivity index (χ1v) is 27.5. The minimum atomic E-state index is -0.476. The zero-order valence-electron chi connectivity index (χ0n) is 46.9. The first-order chi connectivity index (χ1) is 37.1. The Balaban J connectivity index is 0.000000131. The predicted octanol–water partition coefficient (Wildman–Crippen LogP) is 16.1.